The second-order valence-corrected chi connectivity index (χ2v) is 8.27. The normalized spacial score (nSPS) is 14.0. The van der Waals surface area contributed by atoms with Crippen LogP contribution < -0.4 is 4.90 Å². The summed E-state index contributed by atoms with van der Waals surface area (Å²) in [5.41, 5.74) is 3.72. The Hall–Kier alpha value is -3.87. The number of amides is 1. The highest BCUT2D eigenvalue weighted by molar-refractivity contribution is 6.07. The van der Waals surface area contributed by atoms with Crippen LogP contribution in [0, 0.1) is 19.7 Å². The number of para-hydroxylation sites is 1. The first-order chi connectivity index (χ1) is 16.0. The Bertz CT molecular complexity index is 1310. The van der Waals surface area contributed by atoms with E-state index in [4.69, 9.17) is 4.98 Å². The Morgan fingerprint density at radius 3 is 2.33 bits per heavy atom. The molecule has 166 valence electrons. The van der Waals surface area contributed by atoms with Gasteiger partial charge in [-0.1, -0.05) is 18.2 Å². The fourth-order valence-corrected chi connectivity index (χ4v) is 4.29. The van der Waals surface area contributed by atoms with Gasteiger partial charge in [-0.3, -0.25) is 4.79 Å². The average molecular weight is 442 g/mol. The molecule has 0 atom stereocenters. The molecule has 0 spiro atoms. The first-order valence-electron chi connectivity index (χ1n) is 11.0. The summed E-state index contributed by atoms with van der Waals surface area (Å²) in [6, 6.07) is 17.6. The Morgan fingerprint density at radius 1 is 0.879 bits per heavy atom. The number of anilines is 1. The number of benzene rings is 2. The van der Waals surface area contributed by atoms with Crippen molar-refractivity contribution in [1.82, 2.24) is 19.9 Å². The molecule has 0 aliphatic carbocycles. The number of carbonyl (C=O) groups excluding carboxylic acids is 1. The lowest BCUT2D eigenvalue weighted by Gasteiger charge is -2.35. The van der Waals surface area contributed by atoms with Crippen LogP contribution in [0.2, 0.25) is 0 Å². The molecule has 0 bridgehead atoms. The lowest BCUT2D eigenvalue weighted by atomic mass is 10.0. The number of aryl methyl sites for hydroxylation is 2. The number of halogens is 1. The summed E-state index contributed by atoms with van der Waals surface area (Å²) in [7, 11) is 0. The molecule has 0 saturated carbocycles. The van der Waals surface area contributed by atoms with E-state index < -0.39 is 0 Å². The van der Waals surface area contributed by atoms with Gasteiger partial charge in [0.2, 0.25) is 0 Å². The maximum absolute atomic E-state index is 13.6. The maximum Gasteiger partial charge on any atom is 0.254 e. The van der Waals surface area contributed by atoms with Crippen LogP contribution in [0.25, 0.3) is 22.2 Å². The largest absolute Gasteiger partial charge is 0.353 e. The zero-order chi connectivity index (χ0) is 22.9. The Kier molecular flexibility index (Phi) is 5.46. The fourth-order valence-electron chi connectivity index (χ4n) is 4.29. The Balaban J connectivity index is 1.43. The van der Waals surface area contributed by atoms with Crippen LogP contribution in [0.4, 0.5) is 10.2 Å². The van der Waals surface area contributed by atoms with Gasteiger partial charge in [-0.2, -0.15) is 0 Å². The molecule has 0 radical (unpaired) electrons. The van der Waals surface area contributed by atoms with Crippen LogP contribution in [0.1, 0.15) is 21.9 Å². The van der Waals surface area contributed by atoms with Crippen molar-refractivity contribution in [3.63, 3.8) is 0 Å². The van der Waals surface area contributed by atoms with Crippen molar-refractivity contribution in [1.29, 1.82) is 0 Å². The van der Waals surface area contributed by atoms with E-state index in [0.717, 1.165) is 33.8 Å². The van der Waals surface area contributed by atoms with Crippen LogP contribution in [-0.2, 0) is 0 Å². The van der Waals surface area contributed by atoms with Crippen molar-refractivity contribution < 1.29 is 9.18 Å². The molecule has 5 rings (SSSR count). The second kappa shape index (κ2) is 8.58. The van der Waals surface area contributed by atoms with Gasteiger partial charge in [-0.25, -0.2) is 19.3 Å². The minimum atomic E-state index is -0.303. The number of pyridine rings is 1. The van der Waals surface area contributed by atoms with Crippen LogP contribution >= 0.6 is 0 Å². The predicted octanol–water partition coefficient (Wildman–Crippen LogP) is 4.41. The number of hydrogen-bond acceptors (Lipinski definition) is 5. The van der Waals surface area contributed by atoms with Gasteiger partial charge in [-0.15, -0.1) is 0 Å². The number of carbonyl (C=O) groups is 1. The van der Waals surface area contributed by atoms with E-state index in [9.17, 15) is 9.18 Å². The van der Waals surface area contributed by atoms with Crippen LogP contribution in [0.15, 0.2) is 60.7 Å². The molecule has 33 heavy (non-hydrogen) atoms. The topological polar surface area (TPSA) is 62.2 Å². The van der Waals surface area contributed by atoms with E-state index in [1.54, 1.807) is 12.1 Å². The third-order valence-corrected chi connectivity index (χ3v) is 5.93. The SMILES string of the molecule is Cc1cc(N2CCN(C(=O)c3cc(-c4ccc(F)cc4)nc4ccccc34)CC2)nc(C)n1. The van der Waals surface area contributed by atoms with E-state index in [-0.39, 0.29) is 11.7 Å². The van der Waals surface area contributed by atoms with E-state index in [2.05, 4.69) is 14.9 Å². The predicted molar refractivity (Wildman–Crippen MR) is 127 cm³/mol. The summed E-state index contributed by atoms with van der Waals surface area (Å²) < 4.78 is 13.4. The molecule has 3 heterocycles. The van der Waals surface area contributed by atoms with Gasteiger partial charge in [0.05, 0.1) is 16.8 Å². The molecule has 6 nitrogen and oxygen atoms in total. The summed E-state index contributed by atoms with van der Waals surface area (Å²) in [5.74, 6) is 1.33. The van der Waals surface area contributed by atoms with Crippen molar-refractivity contribution in [2.45, 2.75) is 13.8 Å². The molecule has 2 aromatic carbocycles. The fraction of sp³-hybridized carbons (Fsp3) is 0.231. The van der Waals surface area contributed by atoms with Crippen molar-refractivity contribution in [2.75, 3.05) is 31.1 Å². The number of hydrogen-bond donors (Lipinski definition) is 0. The van der Waals surface area contributed by atoms with E-state index in [0.29, 0.717) is 37.4 Å². The van der Waals surface area contributed by atoms with Gasteiger partial charge >= 0.3 is 0 Å². The summed E-state index contributed by atoms with van der Waals surface area (Å²) in [6.07, 6.45) is 0. The smallest absolute Gasteiger partial charge is 0.254 e. The molecule has 1 saturated heterocycles. The Morgan fingerprint density at radius 2 is 1.61 bits per heavy atom. The van der Waals surface area contributed by atoms with Gasteiger partial charge in [0.25, 0.3) is 5.91 Å². The third kappa shape index (κ3) is 4.26. The molecule has 1 fully saturated rings. The molecule has 1 aliphatic heterocycles. The molecular weight excluding hydrogens is 417 g/mol. The van der Waals surface area contributed by atoms with Gasteiger partial charge in [0, 0.05) is 48.9 Å². The van der Waals surface area contributed by atoms with Crippen molar-refractivity contribution in [3.8, 4) is 11.3 Å². The quantitative estimate of drug-likeness (QED) is 0.471. The number of piperazine rings is 1. The highest BCUT2D eigenvalue weighted by Gasteiger charge is 2.25. The summed E-state index contributed by atoms with van der Waals surface area (Å²) in [4.78, 5) is 31.3. The number of aromatic nitrogens is 3. The van der Waals surface area contributed by atoms with Crippen molar-refractivity contribution in [2.24, 2.45) is 0 Å². The molecule has 1 amide bonds. The average Bonchev–Trinajstić information content (AvgIpc) is 2.83. The van der Waals surface area contributed by atoms with Gasteiger partial charge < -0.3 is 9.80 Å². The molecule has 0 unspecified atom stereocenters. The van der Waals surface area contributed by atoms with E-state index in [1.165, 1.54) is 12.1 Å². The van der Waals surface area contributed by atoms with Gasteiger partial charge in [0.1, 0.15) is 17.5 Å². The summed E-state index contributed by atoms with van der Waals surface area (Å²) in [5, 5.41) is 0.817. The first-order valence-corrected chi connectivity index (χ1v) is 11.0. The van der Waals surface area contributed by atoms with Crippen molar-refractivity contribution >= 4 is 22.6 Å². The third-order valence-electron chi connectivity index (χ3n) is 5.93. The first kappa shape index (κ1) is 21.0. The minimum Gasteiger partial charge on any atom is -0.353 e. The highest BCUT2D eigenvalue weighted by atomic mass is 19.1. The van der Waals surface area contributed by atoms with E-state index in [1.807, 2.05) is 55.1 Å². The minimum absolute atomic E-state index is 0.0216. The maximum atomic E-state index is 13.6. The molecule has 7 heteroatoms. The van der Waals surface area contributed by atoms with E-state index >= 15 is 0 Å². The zero-order valence-electron chi connectivity index (χ0n) is 18.6. The molecule has 0 N–H and O–H groups in total. The number of nitrogens with zero attached hydrogens (tertiary/aromatic N) is 5. The standard InChI is InChI=1S/C26H24FN5O/c1-17-15-25(29-18(2)28-17)31-11-13-32(14-12-31)26(33)22-16-24(19-7-9-20(27)10-8-19)30-23-6-4-3-5-21(22)23/h3-10,15-16H,11-14H2,1-2H3. The lowest BCUT2D eigenvalue weighted by molar-refractivity contribution is 0.0748. The summed E-state index contributed by atoms with van der Waals surface area (Å²) in [6.45, 7) is 6.46. The second-order valence-electron chi connectivity index (χ2n) is 8.27. The van der Waals surface area contributed by atoms with Gasteiger partial charge in [0.15, 0.2) is 0 Å². The highest BCUT2D eigenvalue weighted by Crippen LogP contribution is 2.27. The summed E-state index contributed by atoms with van der Waals surface area (Å²) >= 11 is 0. The van der Waals surface area contributed by atoms with Crippen molar-refractivity contribution in [3.05, 3.63) is 83.6 Å². The molecule has 1 aliphatic rings. The molecule has 2 aromatic heterocycles. The van der Waals surface area contributed by atoms with Crippen LogP contribution in [0.3, 0.4) is 0 Å². The number of rotatable bonds is 3. The molecule has 4 aromatic rings. The lowest BCUT2D eigenvalue weighted by Crippen LogP contribution is -2.49. The zero-order valence-corrected chi connectivity index (χ0v) is 18.6. The van der Waals surface area contributed by atoms with Gasteiger partial charge in [-0.05, 0) is 50.2 Å². The molecular formula is C26H24FN5O. The van der Waals surface area contributed by atoms with Crippen LogP contribution in [-0.4, -0.2) is 51.9 Å². The monoisotopic (exact) mass is 441 g/mol. The van der Waals surface area contributed by atoms with Crippen LogP contribution in [0.5, 0.6) is 0 Å². The Labute approximate surface area is 191 Å². The number of fused-ring (bicyclic) bond motifs is 1.